The molecule has 1 atom stereocenters. The van der Waals surface area contributed by atoms with E-state index in [1.807, 2.05) is 30.0 Å². The van der Waals surface area contributed by atoms with Crippen LogP contribution in [-0.2, 0) is 4.79 Å². The second-order valence-electron chi connectivity index (χ2n) is 7.09. The molecule has 1 amide bonds. The van der Waals surface area contributed by atoms with Crippen LogP contribution in [0.15, 0.2) is 59.8 Å². The minimum absolute atomic E-state index is 0.0547. The van der Waals surface area contributed by atoms with Gasteiger partial charge in [0.15, 0.2) is 5.82 Å². The number of nitrogen functional groups attached to an aromatic ring is 1. The number of amides is 1. The molecule has 1 unspecified atom stereocenters. The van der Waals surface area contributed by atoms with Gasteiger partial charge in [0.05, 0.1) is 5.25 Å². The molecule has 2 N–H and O–H groups in total. The molecule has 2 aromatic carbocycles. The van der Waals surface area contributed by atoms with Gasteiger partial charge in [-0.1, -0.05) is 30.0 Å². The summed E-state index contributed by atoms with van der Waals surface area (Å²) in [6, 6.07) is 16.1. The quantitative estimate of drug-likeness (QED) is 0.499. The summed E-state index contributed by atoms with van der Waals surface area (Å²) in [5.74, 6) is 6.28. The molecular weight excluding hydrogens is 403 g/mol. The number of aromatic nitrogens is 3. The van der Waals surface area contributed by atoms with E-state index in [1.54, 1.807) is 12.1 Å². The molecule has 0 aliphatic carbocycles. The molecule has 7 nitrogen and oxygen atoms in total. The normalized spacial score (nSPS) is 15.3. The first kappa shape index (κ1) is 20.2. The Morgan fingerprint density at radius 3 is 2.37 bits per heavy atom. The number of hydrogen-bond acceptors (Lipinski definition) is 6. The van der Waals surface area contributed by atoms with E-state index >= 15 is 0 Å². The van der Waals surface area contributed by atoms with Gasteiger partial charge in [0.25, 0.3) is 0 Å². The van der Waals surface area contributed by atoms with Gasteiger partial charge in [-0.05, 0) is 43.3 Å². The average Bonchev–Trinajstić information content (AvgIpc) is 3.14. The Kier molecular flexibility index (Phi) is 5.89. The highest BCUT2D eigenvalue weighted by Gasteiger charge is 2.27. The Bertz CT molecular complexity index is 1000. The van der Waals surface area contributed by atoms with Crippen molar-refractivity contribution >= 4 is 23.4 Å². The minimum atomic E-state index is -0.346. The van der Waals surface area contributed by atoms with Crippen LogP contribution in [0.3, 0.4) is 0 Å². The van der Waals surface area contributed by atoms with Crippen LogP contribution >= 0.6 is 11.8 Å². The summed E-state index contributed by atoms with van der Waals surface area (Å²) in [7, 11) is 0. The fourth-order valence-corrected chi connectivity index (χ4v) is 4.30. The van der Waals surface area contributed by atoms with Crippen LogP contribution in [0.4, 0.5) is 10.1 Å². The minimum Gasteiger partial charge on any atom is -0.368 e. The van der Waals surface area contributed by atoms with Gasteiger partial charge in [-0.3, -0.25) is 4.79 Å². The van der Waals surface area contributed by atoms with Gasteiger partial charge in [0.1, 0.15) is 5.82 Å². The largest absolute Gasteiger partial charge is 0.368 e. The number of anilines is 1. The first-order chi connectivity index (χ1) is 14.5. The number of rotatable bonds is 5. The first-order valence-electron chi connectivity index (χ1n) is 9.75. The lowest BCUT2D eigenvalue weighted by Crippen LogP contribution is -2.50. The van der Waals surface area contributed by atoms with Crippen molar-refractivity contribution in [2.24, 2.45) is 0 Å². The third kappa shape index (κ3) is 4.25. The maximum Gasteiger partial charge on any atom is 0.236 e. The van der Waals surface area contributed by atoms with Crippen LogP contribution in [0.1, 0.15) is 6.92 Å². The van der Waals surface area contributed by atoms with Gasteiger partial charge >= 0.3 is 0 Å². The summed E-state index contributed by atoms with van der Waals surface area (Å²) in [6.45, 7) is 4.80. The number of hydrogen-bond donors (Lipinski definition) is 1. The van der Waals surface area contributed by atoms with E-state index in [4.69, 9.17) is 5.84 Å². The number of thioether (sulfide) groups is 1. The van der Waals surface area contributed by atoms with Crippen molar-refractivity contribution < 1.29 is 9.18 Å². The molecule has 1 aliphatic rings. The zero-order valence-corrected chi connectivity index (χ0v) is 17.4. The lowest BCUT2D eigenvalue weighted by Gasteiger charge is -2.37. The van der Waals surface area contributed by atoms with Gasteiger partial charge in [0, 0.05) is 37.4 Å². The fourth-order valence-electron chi connectivity index (χ4n) is 3.44. The summed E-state index contributed by atoms with van der Waals surface area (Å²) in [4.78, 5) is 17.1. The van der Waals surface area contributed by atoms with Crippen molar-refractivity contribution in [2.45, 2.75) is 17.3 Å². The summed E-state index contributed by atoms with van der Waals surface area (Å²) in [6.07, 6.45) is 0. The van der Waals surface area contributed by atoms with E-state index in [1.165, 1.54) is 34.3 Å². The van der Waals surface area contributed by atoms with Crippen molar-refractivity contribution in [2.75, 3.05) is 36.9 Å². The molecule has 1 saturated heterocycles. The van der Waals surface area contributed by atoms with E-state index in [2.05, 4.69) is 27.2 Å². The molecule has 0 radical (unpaired) electrons. The number of carbonyl (C=O) groups is 1. The number of nitrogens with zero attached hydrogens (tertiary/aromatic N) is 5. The monoisotopic (exact) mass is 426 g/mol. The Morgan fingerprint density at radius 1 is 1.03 bits per heavy atom. The van der Waals surface area contributed by atoms with Crippen molar-refractivity contribution in [1.29, 1.82) is 0 Å². The Labute approximate surface area is 178 Å². The second-order valence-corrected chi connectivity index (χ2v) is 8.40. The van der Waals surface area contributed by atoms with Crippen LogP contribution in [-0.4, -0.2) is 57.1 Å². The fraction of sp³-hybridized carbons (Fsp3) is 0.286. The third-order valence-corrected chi connectivity index (χ3v) is 6.15. The smallest absolute Gasteiger partial charge is 0.236 e. The average molecular weight is 427 g/mol. The van der Waals surface area contributed by atoms with Gasteiger partial charge in [0.2, 0.25) is 11.1 Å². The van der Waals surface area contributed by atoms with E-state index in [9.17, 15) is 9.18 Å². The second kappa shape index (κ2) is 8.74. The molecule has 1 aromatic heterocycles. The summed E-state index contributed by atoms with van der Waals surface area (Å²) >= 11 is 1.27. The van der Waals surface area contributed by atoms with Gasteiger partial charge in [-0.15, -0.1) is 10.2 Å². The molecule has 1 aliphatic heterocycles. The van der Waals surface area contributed by atoms with E-state index in [0.717, 1.165) is 13.1 Å². The zero-order valence-electron chi connectivity index (χ0n) is 16.6. The Hall–Kier alpha value is -3.07. The number of nitrogens with two attached hydrogens (primary N) is 1. The standard InChI is InChI=1S/C21H23FN6OS/c1-15(20(29)27-13-11-26(12-14-27)18-5-3-2-4-6-18)30-21-25-24-19(28(21)23)16-7-9-17(22)10-8-16/h2-10,15H,11-14,23H2,1H3. The molecule has 9 heteroatoms. The molecule has 4 rings (SSSR count). The van der Waals surface area contributed by atoms with Crippen LogP contribution in [0.25, 0.3) is 11.4 Å². The van der Waals surface area contributed by atoms with Crippen LogP contribution in [0.5, 0.6) is 0 Å². The topological polar surface area (TPSA) is 80.3 Å². The number of benzene rings is 2. The maximum atomic E-state index is 13.1. The highest BCUT2D eigenvalue weighted by molar-refractivity contribution is 8.00. The number of para-hydroxylation sites is 1. The molecule has 0 bridgehead atoms. The van der Waals surface area contributed by atoms with E-state index in [-0.39, 0.29) is 17.0 Å². The summed E-state index contributed by atoms with van der Waals surface area (Å²) in [5, 5.41) is 8.31. The third-order valence-electron chi connectivity index (χ3n) is 5.11. The number of carbonyl (C=O) groups excluding carboxylic acids is 1. The van der Waals surface area contributed by atoms with Crippen LogP contribution in [0.2, 0.25) is 0 Å². The highest BCUT2D eigenvalue weighted by Crippen LogP contribution is 2.26. The predicted molar refractivity (Wildman–Crippen MR) is 116 cm³/mol. The highest BCUT2D eigenvalue weighted by atomic mass is 32.2. The van der Waals surface area contributed by atoms with E-state index in [0.29, 0.717) is 29.6 Å². The molecule has 0 saturated carbocycles. The number of halogens is 1. The van der Waals surface area contributed by atoms with Crippen molar-refractivity contribution in [1.82, 2.24) is 19.8 Å². The zero-order chi connectivity index (χ0) is 21.1. The van der Waals surface area contributed by atoms with Gasteiger partial charge in [-0.25, -0.2) is 9.07 Å². The Balaban J connectivity index is 1.37. The molecular formula is C21H23FN6OS. The molecule has 156 valence electrons. The molecule has 1 fully saturated rings. The van der Waals surface area contributed by atoms with Gasteiger partial charge in [-0.2, -0.15) is 0 Å². The SMILES string of the molecule is CC(Sc1nnc(-c2ccc(F)cc2)n1N)C(=O)N1CCN(c2ccccc2)CC1. The lowest BCUT2D eigenvalue weighted by atomic mass is 10.2. The first-order valence-corrected chi connectivity index (χ1v) is 10.6. The van der Waals surface area contributed by atoms with Crippen molar-refractivity contribution in [3.8, 4) is 11.4 Å². The van der Waals surface area contributed by atoms with Gasteiger partial charge < -0.3 is 15.6 Å². The summed E-state index contributed by atoms with van der Waals surface area (Å²) in [5.41, 5.74) is 1.84. The number of piperazine rings is 1. The van der Waals surface area contributed by atoms with Crippen molar-refractivity contribution in [3.05, 3.63) is 60.4 Å². The molecule has 30 heavy (non-hydrogen) atoms. The molecule has 2 heterocycles. The summed E-state index contributed by atoms with van der Waals surface area (Å²) < 4.78 is 14.5. The van der Waals surface area contributed by atoms with Crippen molar-refractivity contribution in [3.63, 3.8) is 0 Å². The molecule has 3 aromatic rings. The maximum absolute atomic E-state index is 13.1. The molecule has 0 spiro atoms. The lowest BCUT2D eigenvalue weighted by molar-refractivity contribution is -0.130. The Morgan fingerprint density at radius 2 is 1.70 bits per heavy atom. The predicted octanol–water partition coefficient (Wildman–Crippen LogP) is 2.63. The van der Waals surface area contributed by atoms with Crippen LogP contribution in [0, 0.1) is 5.82 Å². The van der Waals surface area contributed by atoms with E-state index < -0.39 is 0 Å². The van der Waals surface area contributed by atoms with Crippen LogP contribution < -0.4 is 10.7 Å².